The third-order valence-electron chi connectivity index (χ3n) is 2.66. The molecule has 15 heavy (non-hydrogen) atoms. The summed E-state index contributed by atoms with van der Waals surface area (Å²) in [6.07, 6.45) is 3.63. The van der Waals surface area contributed by atoms with Crippen molar-refractivity contribution in [1.29, 1.82) is 0 Å². The molecule has 1 heterocycles. The Hall–Kier alpha value is -1.57. The van der Waals surface area contributed by atoms with Crippen LogP contribution in [0.1, 0.15) is 30.9 Å². The molecule has 0 aliphatic heterocycles. The summed E-state index contributed by atoms with van der Waals surface area (Å²) < 4.78 is 0. The Morgan fingerprint density at radius 2 is 2.07 bits per heavy atom. The fraction of sp³-hybridized carbons (Fsp3) is 0.308. The number of imidazole rings is 1. The van der Waals surface area contributed by atoms with Gasteiger partial charge in [0.15, 0.2) is 0 Å². The summed E-state index contributed by atoms with van der Waals surface area (Å²) in [6.45, 7) is 6.59. The molecular weight excluding hydrogens is 184 g/mol. The Kier molecular flexibility index (Phi) is 2.58. The number of aryl methyl sites for hydroxylation is 1. The smallest absolute Gasteiger partial charge is 0.137 e. The molecule has 2 nitrogen and oxygen atoms in total. The van der Waals surface area contributed by atoms with Gasteiger partial charge in [-0.15, -0.1) is 0 Å². The molecule has 0 saturated carbocycles. The Balaban J connectivity index is 2.42. The minimum absolute atomic E-state index is 0.579. The number of benzene rings is 1. The SMILES string of the molecule is Cc1cc(-c2ncc[nH]2)ccc1C(C)C. The summed E-state index contributed by atoms with van der Waals surface area (Å²) in [6, 6.07) is 6.51. The van der Waals surface area contributed by atoms with E-state index in [4.69, 9.17) is 0 Å². The van der Waals surface area contributed by atoms with E-state index in [2.05, 4.69) is 48.9 Å². The van der Waals surface area contributed by atoms with Crippen LogP contribution in [0, 0.1) is 6.92 Å². The van der Waals surface area contributed by atoms with E-state index in [1.165, 1.54) is 11.1 Å². The summed E-state index contributed by atoms with van der Waals surface area (Å²) in [5.41, 5.74) is 3.89. The Morgan fingerprint density at radius 1 is 1.27 bits per heavy atom. The van der Waals surface area contributed by atoms with E-state index in [0.29, 0.717) is 5.92 Å². The fourth-order valence-corrected chi connectivity index (χ4v) is 1.89. The zero-order valence-electron chi connectivity index (χ0n) is 9.41. The predicted molar refractivity (Wildman–Crippen MR) is 62.8 cm³/mol. The molecule has 2 aromatic rings. The number of hydrogen-bond donors (Lipinski definition) is 1. The minimum Gasteiger partial charge on any atom is -0.345 e. The van der Waals surface area contributed by atoms with Crippen LogP contribution in [0.2, 0.25) is 0 Å². The third-order valence-corrected chi connectivity index (χ3v) is 2.66. The molecule has 0 spiro atoms. The molecule has 0 amide bonds. The second-order valence-corrected chi connectivity index (χ2v) is 4.16. The molecule has 0 atom stereocenters. The average Bonchev–Trinajstić information content (AvgIpc) is 2.69. The van der Waals surface area contributed by atoms with E-state index in [9.17, 15) is 0 Å². The Labute approximate surface area is 90.4 Å². The second-order valence-electron chi connectivity index (χ2n) is 4.16. The highest BCUT2D eigenvalue weighted by molar-refractivity contribution is 5.57. The summed E-state index contributed by atoms with van der Waals surface area (Å²) in [5, 5.41) is 0. The van der Waals surface area contributed by atoms with Crippen molar-refractivity contribution < 1.29 is 0 Å². The first-order valence-electron chi connectivity index (χ1n) is 5.29. The first-order chi connectivity index (χ1) is 7.18. The van der Waals surface area contributed by atoms with Crippen LogP contribution in [0.3, 0.4) is 0 Å². The van der Waals surface area contributed by atoms with Crippen LogP contribution in [-0.2, 0) is 0 Å². The lowest BCUT2D eigenvalue weighted by atomic mass is 9.96. The molecular formula is C13H16N2. The summed E-state index contributed by atoms with van der Waals surface area (Å²) in [7, 11) is 0. The van der Waals surface area contributed by atoms with Gasteiger partial charge in [-0.3, -0.25) is 0 Å². The zero-order chi connectivity index (χ0) is 10.8. The number of hydrogen-bond acceptors (Lipinski definition) is 1. The lowest BCUT2D eigenvalue weighted by Crippen LogP contribution is -1.92. The molecule has 0 radical (unpaired) electrons. The molecule has 0 bridgehead atoms. The third kappa shape index (κ3) is 1.94. The highest BCUT2D eigenvalue weighted by atomic mass is 14.9. The van der Waals surface area contributed by atoms with Crippen molar-refractivity contribution in [2.75, 3.05) is 0 Å². The normalized spacial score (nSPS) is 10.9. The van der Waals surface area contributed by atoms with Crippen molar-refractivity contribution in [3.05, 3.63) is 41.7 Å². The lowest BCUT2D eigenvalue weighted by Gasteiger charge is -2.10. The monoisotopic (exact) mass is 200 g/mol. The van der Waals surface area contributed by atoms with Gasteiger partial charge in [0.05, 0.1) is 0 Å². The fourth-order valence-electron chi connectivity index (χ4n) is 1.89. The van der Waals surface area contributed by atoms with E-state index >= 15 is 0 Å². The Bertz CT molecular complexity index is 442. The van der Waals surface area contributed by atoms with Gasteiger partial charge >= 0.3 is 0 Å². The summed E-state index contributed by atoms with van der Waals surface area (Å²) in [5.74, 6) is 1.52. The maximum Gasteiger partial charge on any atom is 0.137 e. The first-order valence-corrected chi connectivity index (χ1v) is 5.29. The number of nitrogens with one attached hydrogen (secondary N) is 1. The van der Waals surface area contributed by atoms with Crippen molar-refractivity contribution >= 4 is 0 Å². The molecule has 1 aromatic carbocycles. The van der Waals surface area contributed by atoms with Gasteiger partial charge in [0.2, 0.25) is 0 Å². The molecule has 78 valence electrons. The van der Waals surface area contributed by atoms with Crippen LogP contribution in [0.25, 0.3) is 11.4 Å². The largest absolute Gasteiger partial charge is 0.345 e. The van der Waals surface area contributed by atoms with Crippen LogP contribution in [0.15, 0.2) is 30.6 Å². The number of H-pyrrole nitrogens is 1. The van der Waals surface area contributed by atoms with E-state index in [1.807, 2.05) is 6.20 Å². The maximum atomic E-state index is 4.25. The first kappa shape index (κ1) is 9.97. The topological polar surface area (TPSA) is 28.7 Å². The molecule has 0 saturated heterocycles. The van der Waals surface area contributed by atoms with Crippen LogP contribution in [0.4, 0.5) is 0 Å². The minimum atomic E-state index is 0.579. The van der Waals surface area contributed by atoms with Crippen molar-refractivity contribution in [3.63, 3.8) is 0 Å². The highest BCUT2D eigenvalue weighted by Gasteiger charge is 2.06. The molecule has 0 fully saturated rings. The van der Waals surface area contributed by atoms with Gasteiger partial charge in [0, 0.05) is 18.0 Å². The predicted octanol–water partition coefficient (Wildman–Crippen LogP) is 3.51. The average molecular weight is 200 g/mol. The molecule has 1 aromatic heterocycles. The van der Waals surface area contributed by atoms with E-state index in [-0.39, 0.29) is 0 Å². The van der Waals surface area contributed by atoms with Crippen molar-refractivity contribution in [2.45, 2.75) is 26.7 Å². The van der Waals surface area contributed by atoms with Gasteiger partial charge < -0.3 is 4.98 Å². The quantitative estimate of drug-likeness (QED) is 0.789. The number of rotatable bonds is 2. The maximum absolute atomic E-state index is 4.25. The standard InChI is InChI=1S/C13H16N2/c1-9(2)12-5-4-11(8-10(12)3)13-14-6-7-15-13/h4-9H,1-3H3,(H,14,15). The van der Waals surface area contributed by atoms with E-state index in [1.54, 1.807) is 6.20 Å². The van der Waals surface area contributed by atoms with Crippen LogP contribution < -0.4 is 0 Å². The van der Waals surface area contributed by atoms with Crippen molar-refractivity contribution in [3.8, 4) is 11.4 Å². The summed E-state index contributed by atoms with van der Waals surface area (Å²) in [4.78, 5) is 7.36. The van der Waals surface area contributed by atoms with Crippen LogP contribution >= 0.6 is 0 Å². The Morgan fingerprint density at radius 3 is 2.60 bits per heavy atom. The van der Waals surface area contributed by atoms with Crippen molar-refractivity contribution in [2.24, 2.45) is 0 Å². The van der Waals surface area contributed by atoms with Crippen molar-refractivity contribution in [1.82, 2.24) is 9.97 Å². The number of nitrogens with zero attached hydrogens (tertiary/aromatic N) is 1. The van der Waals surface area contributed by atoms with E-state index < -0.39 is 0 Å². The molecule has 1 N–H and O–H groups in total. The van der Waals surface area contributed by atoms with E-state index in [0.717, 1.165) is 11.4 Å². The van der Waals surface area contributed by atoms with Gasteiger partial charge in [0.25, 0.3) is 0 Å². The van der Waals surface area contributed by atoms with Gasteiger partial charge in [-0.25, -0.2) is 4.98 Å². The van der Waals surface area contributed by atoms with Gasteiger partial charge in [0.1, 0.15) is 5.82 Å². The lowest BCUT2D eigenvalue weighted by molar-refractivity contribution is 0.857. The van der Waals surface area contributed by atoms with Crippen LogP contribution in [0.5, 0.6) is 0 Å². The zero-order valence-corrected chi connectivity index (χ0v) is 9.41. The van der Waals surface area contributed by atoms with Gasteiger partial charge in [-0.1, -0.05) is 26.0 Å². The second kappa shape index (κ2) is 3.89. The molecule has 0 aliphatic rings. The van der Waals surface area contributed by atoms with Gasteiger partial charge in [-0.05, 0) is 30.0 Å². The molecule has 0 aliphatic carbocycles. The summed E-state index contributed by atoms with van der Waals surface area (Å²) >= 11 is 0. The molecule has 2 rings (SSSR count). The van der Waals surface area contributed by atoms with Gasteiger partial charge in [-0.2, -0.15) is 0 Å². The number of aromatic nitrogens is 2. The molecule has 2 heteroatoms. The highest BCUT2D eigenvalue weighted by Crippen LogP contribution is 2.23. The van der Waals surface area contributed by atoms with Crippen LogP contribution in [-0.4, -0.2) is 9.97 Å². The molecule has 0 unspecified atom stereocenters. The number of aromatic amines is 1.